The lowest BCUT2D eigenvalue weighted by atomic mass is 9.96. The van der Waals surface area contributed by atoms with Crippen LogP contribution in [0.15, 0.2) is 42.5 Å². The van der Waals surface area contributed by atoms with Gasteiger partial charge in [-0.15, -0.1) is 0 Å². The third kappa shape index (κ3) is 3.89. The van der Waals surface area contributed by atoms with Gasteiger partial charge in [0, 0.05) is 24.1 Å². The SMILES string of the molecule is CC(C)(CO)N1CCC1OC(c1ccccc1)c1ccc(Cl)c(Cl)c1Cl. The maximum atomic E-state index is 9.68. The second-order valence-electron chi connectivity index (χ2n) is 7.10. The molecule has 1 aliphatic rings. The normalized spacial score (nSPS) is 19.2. The maximum Gasteiger partial charge on any atom is 0.113 e. The van der Waals surface area contributed by atoms with Crippen LogP contribution >= 0.6 is 34.8 Å². The number of nitrogens with zero attached hydrogens (tertiary/aromatic N) is 1. The summed E-state index contributed by atoms with van der Waals surface area (Å²) in [6.07, 6.45) is 0.416. The maximum absolute atomic E-state index is 9.68. The Labute approximate surface area is 169 Å². The van der Waals surface area contributed by atoms with Crippen molar-refractivity contribution >= 4 is 34.8 Å². The highest BCUT2D eigenvalue weighted by atomic mass is 35.5. The second-order valence-corrected chi connectivity index (χ2v) is 8.26. The number of rotatable bonds is 6. The van der Waals surface area contributed by atoms with Gasteiger partial charge in [0.1, 0.15) is 12.3 Å². The van der Waals surface area contributed by atoms with Crippen LogP contribution < -0.4 is 0 Å². The Morgan fingerprint density at radius 2 is 1.81 bits per heavy atom. The van der Waals surface area contributed by atoms with Crippen LogP contribution in [0.4, 0.5) is 0 Å². The van der Waals surface area contributed by atoms with Crippen LogP contribution in [-0.4, -0.2) is 34.9 Å². The topological polar surface area (TPSA) is 32.7 Å². The van der Waals surface area contributed by atoms with E-state index < -0.39 is 0 Å². The third-order valence-corrected chi connectivity index (χ3v) is 6.18. The van der Waals surface area contributed by atoms with Crippen molar-refractivity contribution in [3.8, 4) is 0 Å². The van der Waals surface area contributed by atoms with Gasteiger partial charge in [0.25, 0.3) is 0 Å². The van der Waals surface area contributed by atoms with Crippen molar-refractivity contribution in [2.75, 3.05) is 13.2 Å². The second kappa shape index (κ2) is 8.05. The molecule has 1 aliphatic heterocycles. The number of hydrogen-bond donors (Lipinski definition) is 1. The highest BCUT2D eigenvalue weighted by Crippen LogP contribution is 2.41. The Hall–Kier alpha value is -0.810. The van der Waals surface area contributed by atoms with E-state index in [0.29, 0.717) is 15.1 Å². The molecule has 0 aliphatic carbocycles. The lowest BCUT2D eigenvalue weighted by molar-refractivity contribution is -0.187. The smallest absolute Gasteiger partial charge is 0.113 e. The first kappa shape index (κ1) is 19.9. The number of ether oxygens (including phenoxy) is 1. The van der Waals surface area contributed by atoms with Gasteiger partial charge in [-0.3, -0.25) is 4.90 Å². The summed E-state index contributed by atoms with van der Waals surface area (Å²) in [5.74, 6) is 0. The molecule has 1 heterocycles. The summed E-state index contributed by atoms with van der Waals surface area (Å²) in [7, 11) is 0. The van der Waals surface area contributed by atoms with E-state index in [-0.39, 0.29) is 24.5 Å². The minimum Gasteiger partial charge on any atom is -0.394 e. The molecule has 3 rings (SSSR count). The molecule has 1 N–H and O–H groups in total. The van der Waals surface area contributed by atoms with Crippen LogP contribution in [0.2, 0.25) is 15.1 Å². The van der Waals surface area contributed by atoms with Crippen molar-refractivity contribution in [3.63, 3.8) is 0 Å². The number of hydrogen-bond acceptors (Lipinski definition) is 3. The number of aliphatic hydroxyl groups excluding tert-OH is 1. The van der Waals surface area contributed by atoms with E-state index in [1.54, 1.807) is 6.07 Å². The van der Waals surface area contributed by atoms with Crippen LogP contribution in [-0.2, 0) is 4.74 Å². The monoisotopic (exact) mass is 413 g/mol. The van der Waals surface area contributed by atoms with E-state index in [2.05, 4.69) is 4.90 Å². The molecule has 1 saturated heterocycles. The fourth-order valence-electron chi connectivity index (χ4n) is 3.15. The Morgan fingerprint density at radius 1 is 1.12 bits per heavy atom. The standard InChI is InChI=1S/C20H22Cl3NO2/c1-20(2,12-25)24-11-10-16(24)26-19(13-6-4-3-5-7-13)14-8-9-15(21)18(23)17(14)22/h3-9,16,19,25H,10-12H2,1-2H3. The average molecular weight is 415 g/mol. The van der Waals surface area contributed by atoms with Gasteiger partial charge in [-0.25, -0.2) is 0 Å². The van der Waals surface area contributed by atoms with Crippen LogP contribution in [0.3, 0.4) is 0 Å². The molecule has 140 valence electrons. The van der Waals surface area contributed by atoms with E-state index in [9.17, 15) is 5.11 Å². The van der Waals surface area contributed by atoms with E-state index in [0.717, 1.165) is 24.1 Å². The highest BCUT2D eigenvalue weighted by molar-refractivity contribution is 6.48. The van der Waals surface area contributed by atoms with Crippen molar-refractivity contribution in [2.45, 2.75) is 38.1 Å². The molecule has 2 atom stereocenters. The number of likely N-dealkylation sites (tertiary alicyclic amines) is 1. The predicted molar refractivity (Wildman–Crippen MR) is 107 cm³/mol. The first-order valence-electron chi connectivity index (χ1n) is 8.56. The van der Waals surface area contributed by atoms with Gasteiger partial charge in [0.05, 0.1) is 21.7 Å². The molecule has 3 nitrogen and oxygen atoms in total. The first-order chi connectivity index (χ1) is 12.3. The van der Waals surface area contributed by atoms with Crippen molar-refractivity contribution in [1.82, 2.24) is 4.90 Å². The van der Waals surface area contributed by atoms with Gasteiger partial charge >= 0.3 is 0 Å². The molecule has 0 amide bonds. The summed E-state index contributed by atoms with van der Waals surface area (Å²) >= 11 is 18.8. The lowest BCUT2D eigenvalue weighted by Crippen LogP contribution is -2.61. The quantitative estimate of drug-likeness (QED) is 0.628. The summed E-state index contributed by atoms with van der Waals surface area (Å²) in [6, 6.07) is 13.5. The third-order valence-electron chi connectivity index (χ3n) is 4.87. The molecule has 1 fully saturated rings. The Morgan fingerprint density at radius 3 is 2.38 bits per heavy atom. The van der Waals surface area contributed by atoms with Gasteiger partial charge in [0.15, 0.2) is 0 Å². The Balaban J connectivity index is 1.95. The van der Waals surface area contributed by atoms with Gasteiger partial charge < -0.3 is 9.84 Å². The van der Waals surface area contributed by atoms with E-state index in [4.69, 9.17) is 39.5 Å². The molecule has 2 aromatic rings. The Bertz CT molecular complexity index is 767. The zero-order valence-electron chi connectivity index (χ0n) is 14.8. The van der Waals surface area contributed by atoms with E-state index in [1.807, 2.05) is 50.2 Å². The minimum absolute atomic E-state index is 0.0659. The summed E-state index contributed by atoms with van der Waals surface area (Å²) in [5.41, 5.74) is 1.42. The van der Waals surface area contributed by atoms with Gasteiger partial charge in [-0.2, -0.15) is 0 Å². The molecule has 0 aromatic heterocycles. The van der Waals surface area contributed by atoms with Crippen molar-refractivity contribution < 1.29 is 9.84 Å². The zero-order chi connectivity index (χ0) is 18.9. The van der Waals surface area contributed by atoms with Crippen LogP contribution in [0.5, 0.6) is 0 Å². The molecule has 2 aromatic carbocycles. The van der Waals surface area contributed by atoms with Crippen molar-refractivity contribution in [3.05, 3.63) is 68.7 Å². The average Bonchev–Trinajstić information content (AvgIpc) is 2.61. The molecule has 6 heteroatoms. The van der Waals surface area contributed by atoms with Gasteiger partial charge in [-0.05, 0) is 25.5 Å². The lowest BCUT2D eigenvalue weighted by Gasteiger charge is -2.50. The molecular weight excluding hydrogens is 393 g/mol. The summed E-state index contributed by atoms with van der Waals surface area (Å²) in [4.78, 5) is 2.16. The van der Waals surface area contributed by atoms with Crippen molar-refractivity contribution in [1.29, 1.82) is 0 Å². The minimum atomic E-state index is -0.374. The molecule has 0 spiro atoms. The number of halogens is 3. The number of aliphatic hydroxyl groups is 1. The van der Waals surface area contributed by atoms with Gasteiger partial charge in [0.2, 0.25) is 0 Å². The molecule has 2 unspecified atom stereocenters. The molecule has 0 radical (unpaired) electrons. The fraction of sp³-hybridized carbons (Fsp3) is 0.400. The summed E-state index contributed by atoms with van der Waals surface area (Å²) in [6.45, 7) is 4.96. The van der Waals surface area contributed by atoms with E-state index >= 15 is 0 Å². The Kier molecular flexibility index (Phi) is 6.18. The van der Waals surface area contributed by atoms with Crippen LogP contribution in [0.25, 0.3) is 0 Å². The predicted octanol–water partition coefficient (Wildman–Crippen LogP) is 5.56. The molecule has 26 heavy (non-hydrogen) atoms. The van der Waals surface area contributed by atoms with Crippen LogP contribution in [0.1, 0.15) is 37.5 Å². The summed E-state index contributed by atoms with van der Waals surface area (Å²) < 4.78 is 6.46. The van der Waals surface area contributed by atoms with Gasteiger partial charge in [-0.1, -0.05) is 71.2 Å². The molecule has 0 bridgehead atoms. The first-order valence-corrected chi connectivity index (χ1v) is 9.70. The molecular formula is C20H22Cl3NO2. The van der Waals surface area contributed by atoms with Crippen LogP contribution in [0, 0.1) is 0 Å². The fourth-order valence-corrected chi connectivity index (χ4v) is 3.79. The highest BCUT2D eigenvalue weighted by Gasteiger charge is 2.41. The van der Waals surface area contributed by atoms with Crippen molar-refractivity contribution in [2.24, 2.45) is 0 Å². The largest absolute Gasteiger partial charge is 0.394 e. The number of benzene rings is 2. The zero-order valence-corrected chi connectivity index (χ0v) is 17.0. The van der Waals surface area contributed by atoms with E-state index in [1.165, 1.54) is 0 Å². The molecule has 0 saturated carbocycles. The summed E-state index contributed by atoms with van der Waals surface area (Å²) in [5, 5.41) is 10.8.